The molecule has 156 valence electrons. The van der Waals surface area contributed by atoms with Crippen LogP contribution in [0.1, 0.15) is 28.8 Å². The van der Waals surface area contributed by atoms with Crippen LogP contribution in [0.4, 0.5) is 23.4 Å². The minimum atomic E-state index is -4.44. The second-order valence-electron chi connectivity index (χ2n) is 6.46. The standard InChI is InChI=1S/C19H17BrF4N2O3/c1-28-18(27)13-7-14(20)16(8-15(13)21)29-10-12-3-2-6-26(12)17-5-4-11(9-25-17)19(22,23)24/h4-5,7-9,12H,2-3,6,10H2,1H3/t12-/m1/s1. The van der Waals surface area contributed by atoms with E-state index >= 15 is 0 Å². The van der Waals surface area contributed by atoms with Crippen molar-refractivity contribution >= 4 is 27.7 Å². The van der Waals surface area contributed by atoms with Crippen molar-refractivity contribution in [3.63, 3.8) is 0 Å². The zero-order valence-electron chi connectivity index (χ0n) is 15.3. The summed E-state index contributed by atoms with van der Waals surface area (Å²) in [6.07, 6.45) is -2.05. The third-order valence-corrected chi connectivity index (χ3v) is 5.22. The number of aromatic nitrogens is 1. The van der Waals surface area contributed by atoms with Gasteiger partial charge in [-0.05, 0) is 47.0 Å². The number of rotatable bonds is 5. The number of hydrogen-bond acceptors (Lipinski definition) is 5. The van der Waals surface area contributed by atoms with Gasteiger partial charge in [0.25, 0.3) is 0 Å². The molecule has 0 amide bonds. The van der Waals surface area contributed by atoms with E-state index in [4.69, 9.17) is 4.74 Å². The second kappa shape index (κ2) is 8.56. The van der Waals surface area contributed by atoms with Crippen molar-refractivity contribution in [3.8, 4) is 5.75 Å². The van der Waals surface area contributed by atoms with Crippen LogP contribution >= 0.6 is 15.9 Å². The van der Waals surface area contributed by atoms with E-state index < -0.39 is 23.5 Å². The van der Waals surface area contributed by atoms with Crippen LogP contribution in [0, 0.1) is 5.82 Å². The molecule has 0 N–H and O–H groups in total. The number of alkyl halides is 3. The van der Waals surface area contributed by atoms with Crippen LogP contribution in [0.25, 0.3) is 0 Å². The SMILES string of the molecule is COC(=O)c1cc(Br)c(OC[C@H]2CCCN2c2ccc(C(F)(F)F)cn2)cc1F. The quantitative estimate of drug-likeness (QED) is 0.456. The molecule has 2 heterocycles. The van der Waals surface area contributed by atoms with Gasteiger partial charge in [-0.25, -0.2) is 14.2 Å². The highest BCUT2D eigenvalue weighted by atomic mass is 79.9. The Morgan fingerprint density at radius 1 is 1.34 bits per heavy atom. The molecule has 29 heavy (non-hydrogen) atoms. The monoisotopic (exact) mass is 476 g/mol. The molecule has 0 saturated carbocycles. The molecule has 0 bridgehead atoms. The highest BCUT2D eigenvalue weighted by molar-refractivity contribution is 9.10. The number of halogens is 5. The maximum atomic E-state index is 14.1. The summed E-state index contributed by atoms with van der Waals surface area (Å²) in [4.78, 5) is 17.3. The van der Waals surface area contributed by atoms with Crippen molar-refractivity contribution in [1.82, 2.24) is 4.98 Å². The van der Waals surface area contributed by atoms with E-state index in [1.165, 1.54) is 12.1 Å². The number of pyridine rings is 1. The summed E-state index contributed by atoms with van der Waals surface area (Å²) < 4.78 is 62.9. The largest absolute Gasteiger partial charge is 0.490 e. The summed E-state index contributed by atoms with van der Waals surface area (Å²) >= 11 is 3.24. The molecule has 2 aromatic rings. The fraction of sp³-hybridized carbons (Fsp3) is 0.368. The number of anilines is 1. The lowest BCUT2D eigenvalue weighted by molar-refractivity contribution is -0.137. The predicted octanol–water partition coefficient (Wildman–Crippen LogP) is 4.84. The topological polar surface area (TPSA) is 51.7 Å². The van der Waals surface area contributed by atoms with Crippen LogP contribution in [0.5, 0.6) is 5.75 Å². The Hall–Kier alpha value is -2.36. The van der Waals surface area contributed by atoms with E-state index in [0.717, 1.165) is 38.3 Å². The van der Waals surface area contributed by atoms with E-state index in [-0.39, 0.29) is 24.0 Å². The molecule has 0 radical (unpaired) electrons. The third-order valence-electron chi connectivity index (χ3n) is 4.60. The Bertz CT molecular complexity index is 890. The maximum Gasteiger partial charge on any atom is 0.417 e. The number of hydrogen-bond donors (Lipinski definition) is 0. The van der Waals surface area contributed by atoms with Gasteiger partial charge in [-0.2, -0.15) is 13.2 Å². The van der Waals surface area contributed by atoms with Crippen molar-refractivity contribution < 1.29 is 31.8 Å². The first-order valence-electron chi connectivity index (χ1n) is 8.70. The molecular formula is C19H17BrF4N2O3. The van der Waals surface area contributed by atoms with Crippen molar-refractivity contribution in [3.05, 3.63) is 51.9 Å². The van der Waals surface area contributed by atoms with Gasteiger partial charge in [0.2, 0.25) is 0 Å². The summed E-state index contributed by atoms with van der Waals surface area (Å²) in [6.45, 7) is 0.807. The van der Waals surface area contributed by atoms with Crippen LogP contribution in [0.15, 0.2) is 34.9 Å². The van der Waals surface area contributed by atoms with E-state index in [1.54, 1.807) is 0 Å². The summed E-state index contributed by atoms with van der Waals surface area (Å²) in [6, 6.07) is 4.57. The maximum absolute atomic E-state index is 14.1. The lowest BCUT2D eigenvalue weighted by Crippen LogP contribution is -2.34. The number of benzene rings is 1. The highest BCUT2D eigenvalue weighted by Gasteiger charge is 2.32. The molecule has 1 aliphatic heterocycles. The number of carbonyl (C=O) groups is 1. The van der Waals surface area contributed by atoms with E-state index in [9.17, 15) is 22.4 Å². The summed E-state index contributed by atoms with van der Waals surface area (Å²) in [5.41, 5.74) is -1.03. The van der Waals surface area contributed by atoms with Gasteiger partial charge in [-0.3, -0.25) is 0 Å². The average Bonchev–Trinajstić information content (AvgIpc) is 3.15. The van der Waals surface area contributed by atoms with Crippen molar-refractivity contribution in [2.75, 3.05) is 25.2 Å². The van der Waals surface area contributed by atoms with Crippen LogP contribution in [-0.4, -0.2) is 37.3 Å². The smallest absolute Gasteiger partial charge is 0.417 e. The fourth-order valence-corrected chi connectivity index (χ4v) is 3.58. The molecule has 1 aromatic heterocycles. The number of esters is 1. The van der Waals surface area contributed by atoms with Gasteiger partial charge in [0.1, 0.15) is 24.0 Å². The van der Waals surface area contributed by atoms with Crippen LogP contribution < -0.4 is 9.64 Å². The minimum Gasteiger partial charge on any atom is -0.490 e. The van der Waals surface area contributed by atoms with Crippen molar-refractivity contribution in [1.29, 1.82) is 0 Å². The molecule has 1 atom stereocenters. The Morgan fingerprint density at radius 2 is 2.10 bits per heavy atom. The van der Waals surface area contributed by atoms with Gasteiger partial charge in [-0.15, -0.1) is 0 Å². The summed E-state index contributed by atoms with van der Waals surface area (Å²) in [5, 5.41) is 0. The van der Waals surface area contributed by atoms with Gasteiger partial charge in [0.05, 0.1) is 28.8 Å². The average molecular weight is 477 g/mol. The molecule has 0 unspecified atom stereocenters. The molecule has 0 spiro atoms. The lowest BCUT2D eigenvalue weighted by atomic mass is 10.2. The van der Waals surface area contributed by atoms with Crippen molar-refractivity contribution in [2.45, 2.75) is 25.1 Å². The van der Waals surface area contributed by atoms with Gasteiger partial charge in [0.15, 0.2) is 0 Å². The Balaban J connectivity index is 1.70. The van der Waals surface area contributed by atoms with E-state index in [0.29, 0.717) is 16.8 Å². The molecule has 1 saturated heterocycles. The number of ether oxygens (including phenoxy) is 2. The number of carbonyl (C=O) groups excluding carboxylic acids is 1. The lowest BCUT2D eigenvalue weighted by Gasteiger charge is -2.26. The minimum absolute atomic E-state index is 0.130. The van der Waals surface area contributed by atoms with E-state index in [1.807, 2.05) is 4.90 Å². The Kier molecular flexibility index (Phi) is 6.30. The highest BCUT2D eigenvalue weighted by Crippen LogP contribution is 2.32. The third kappa shape index (κ3) is 4.80. The summed E-state index contributed by atoms with van der Waals surface area (Å²) in [5.74, 6) is -0.939. The van der Waals surface area contributed by atoms with Gasteiger partial charge in [0, 0.05) is 18.8 Å². The van der Waals surface area contributed by atoms with Gasteiger partial charge >= 0.3 is 12.1 Å². The molecule has 5 nitrogen and oxygen atoms in total. The zero-order valence-corrected chi connectivity index (χ0v) is 16.9. The fourth-order valence-electron chi connectivity index (χ4n) is 3.13. The number of methoxy groups -OCH3 is 1. The first kappa shape index (κ1) is 21.4. The van der Waals surface area contributed by atoms with Gasteiger partial charge in [-0.1, -0.05) is 0 Å². The van der Waals surface area contributed by atoms with Crippen LogP contribution in [0.3, 0.4) is 0 Å². The molecule has 1 aliphatic rings. The van der Waals surface area contributed by atoms with E-state index in [2.05, 4.69) is 25.7 Å². The molecular weight excluding hydrogens is 460 g/mol. The summed E-state index contributed by atoms with van der Waals surface area (Å²) in [7, 11) is 1.16. The molecule has 1 fully saturated rings. The van der Waals surface area contributed by atoms with Crippen molar-refractivity contribution in [2.24, 2.45) is 0 Å². The molecule has 0 aliphatic carbocycles. The first-order chi connectivity index (χ1) is 13.7. The first-order valence-corrected chi connectivity index (χ1v) is 9.50. The van der Waals surface area contributed by atoms with Gasteiger partial charge < -0.3 is 14.4 Å². The Labute approximate surface area is 172 Å². The second-order valence-corrected chi connectivity index (χ2v) is 7.31. The van der Waals surface area contributed by atoms with Crippen LogP contribution in [0.2, 0.25) is 0 Å². The normalized spacial score (nSPS) is 16.8. The zero-order chi connectivity index (χ0) is 21.2. The molecule has 3 rings (SSSR count). The number of nitrogens with zero attached hydrogens (tertiary/aromatic N) is 2. The molecule has 10 heteroatoms. The Morgan fingerprint density at radius 3 is 2.72 bits per heavy atom. The predicted molar refractivity (Wildman–Crippen MR) is 101 cm³/mol. The molecule has 1 aromatic carbocycles. The van der Waals surface area contributed by atoms with Crippen LogP contribution in [-0.2, 0) is 10.9 Å².